The molecule has 0 fully saturated rings. The van der Waals surface area contributed by atoms with E-state index in [2.05, 4.69) is 17.0 Å². The summed E-state index contributed by atoms with van der Waals surface area (Å²) in [6, 6.07) is 0.330. The average molecular weight is 159 g/mol. The van der Waals surface area contributed by atoms with Crippen molar-refractivity contribution in [3.8, 4) is 0 Å². The van der Waals surface area contributed by atoms with Crippen molar-refractivity contribution >= 4 is 5.84 Å². The van der Waals surface area contributed by atoms with E-state index >= 15 is 0 Å². The topological polar surface area (TPSA) is 61.8 Å². The lowest BCUT2D eigenvalue weighted by Crippen LogP contribution is -2.32. The monoisotopic (exact) mass is 159 g/mol. The summed E-state index contributed by atoms with van der Waals surface area (Å²) in [6.45, 7) is 5.09. The van der Waals surface area contributed by atoms with Crippen molar-refractivity contribution in [3.63, 3.8) is 0 Å². The minimum Gasteiger partial charge on any atom is -0.409 e. The SMILES string of the molecule is CCN(C)C(C)CC(N)=NO. The molecule has 66 valence electrons. The largest absolute Gasteiger partial charge is 0.409 e. The second-order valence-corrected chi connectivity index (χ2v) is 2.72. The minimum absolute atomic E-state index is 0.290. The number of nitrogens with two attached hydrogens (primary N) is 1. The lowest BCUT2D eigenvalue weighted by Gasteiger charge is -2.21. The van der Waals surface area contributed by atoms with Gasteiger partial charge in [-0.1, -0.05) is 12.1 Å². The highest BCUT2D eigenvalue weighted by Gasteiger charge is 2.08. The lowest BCUT2D eigenvalue weighted by atomic mass is 10.2. The highest BCUT2D eigenvalue weighted by atomic mass is 16.4. The van der Waals surface area contributed by atoms with Crippen molar-refractivity contribution in [2.75, 3.05) is 13.6 Å². The van der Waals surface area contributed by atoms with Crippen LogP contribution in [0.1, 0.15) is 20.3 Å². The van der Waals surface area contributed by atoms with E-state index in [0.29, 0.717) is 12.5 Å². The molecule has 3 N–H and O–H groups in total. The maximum absolute atomic E-state index is 8.28. The zero-order chi connectivity index (χ0) is 8.85. The van der Waals surface area contributed by atoms with E-state index in [1.807, 2.05) is 14.0 Å². The summed E-state index contributed by atoms with van der Waals surface area (Å²) in [5.74, 6) is 0.290. The average Bonchev–Trinajstić information content (AvgIpc) is 2.02. The van der Waals surface area contributed by atoms with Gasteiger partial charge in [-0.2, -0.15) is 0 Å². The number of rotatable bonds is 4. The van der Waals surface area contributed by atoms with E-state index in [-0.39, 0.29) is 5.84 Å². The van der Waals surface area contributed by atoms with Crippen LogP contribution in [-0.2, 0) is 0 Å². The summed E-state index contributed by atoms with van der Waals surface area (Å²) in [6.07, 6.45) is 0.612. The fraction of sp³-hybridized carbons (Fsp3) is 0.857. The van der Waals surface area contributed by atoms with Crippen LogP contribution in [0.4, 0.5) is 0 Å². The molecule has 1 unspecified atom stereocenters. The molecular weight excluding hydrogens is 142 g/mol. The Balaban J connectivity index is 3.76. The van der Waals surface area contributed by atoms with Crippen LogP contribution in [0.25, 0.3) is 0 Å². The molecule has 4 nitrogen and oxygen atoms in total. The number of amidine groups is 1. The fourth-order valence-electron chi connectivity index (χ4n) is 0.811. The molecule has 0 saturated carbocycles. The van der Waals surface area contributed by atoms with Gasteiger partial charge in [0.05, 0.1) is 0 Å². The van der Waals surface area contributed by atoms with Crippen molar-refractivity contribution in [1.82, 2.24) is 4.90 Å². The van der Waals surface area contributed by atoms with E-state index in [4.69, 9.17) is 10.9 Å². The predicted octanol–water partition coefficient (Wildman–Crippen LogP) is 0.463. The van der Waals surface area contributed by atoms with Crippen LogP contribution < -0.4 is 5.73 Å². The summed E-state index contributed by atoms with van der Waals surface area (Å²) in [5.41, 5.74) is 5.34. The summed E-state index contributed by atoms with van der Waals surface area (Å²) < 4.78 is 0. The number of hydrogen-bond donors (Lipinski definition) is 2. The van der Waals surface area contributed by atoms with E-state index in [9.17, 15) is 0 Å². The van der Waals surface area contributed by atoms with Gasteiger partial charge in [-0.3, -0.25) is 0 Å². The Labute approximate surface area is 67.7 Å². The maximum Gasteiger partial charge on any atom is 0.140 e. The first-order valence-electron chi connectivity index (χ1n) is 3.78. The Hall–Kier alpha value is -0.770. The summed E-state index contributed by atoms with van der Waals surface area (Å²) in [5, 5.41) is 11.2. The molecule has 4 heteroatoms. The van der Waals surface area contributed by atoms with Crippen molar-refractivity contribution in [3.05, 3.63) is 0 Å². The third-order valence-electron chi connectivity index (χ3n) is 1.88. The van der Waals surface area contributed by atoms with Gasteiger partial charge in [0.1, 0.15) is 5.84 Å². The lowest BCUT2D eigenvalue weighted by molar-refractivity contribution is 0.271. The van der Waals surface area contributed by atoms with Gasteiger partial charge in [0.15, 0.2) is 0 Å². The third-order valence-corrected chi connectivity index (χ3v) is 1.88. The Kier molecular flexibility index (Phi) is 4.61. The van der Waals surface area contributed by atoms with Crippen LogP contribution in [0.3, 0.4) is 0 Å². The molecule has 0 aromatic carbocycles. The van der Waals surface area contributed by atoms with E-state index in [0.717, 1.165) is 6.54 Å². The van der Waals surface area contributed by atoms with Gasteiger partial charge in [-0.15, -0.1) is 0 Å². The molecule has 0 bridgehead atoms. The van der Waals surface area contributed by atoms with Crippen LogP contribution in [0.5, 0.6) is 0 Å². The minimum atomic E-state index is 0.290. The zero-order valence-corrected chi connectivity index (χ0v) is 7.41. The first kappa shape index (κ1) is 10.2. The molecule has 0 aliphatic carbocycles. The molecule has 0 radical (unpaired) electrons. The van der Waals surface area contributed by atoms with Gasteiger partial charge >= 0.3 is 0 Å². The summed E-state index contributed by atoms with van der Waals surface area (Å²) >= 11 is 0. The van der Waals surface area contributed by atoms with Gasteiger partial charge in [0.2, 0.25) is 0 Å². The van der Waals surface area contributed by atoms with Gasteiger partial charge < -0.3 is 15.8 Å². The highest BCUT2D eigenvalue weighted by Crippen LogP contribution is 1.99. The molecule has 0 saturated heterocycles. The normalized spacial score (nSPS) is 15.5. The van der Waals surface area contributed by atoms with Gasteiger partial charge in [-0.05, 0) is 20.5 Å². The summed E-state index contributed by atoms with van der Waals surface area (Å²) in [7, 11) is 2.01. The van der Waals surface area contributed by atoms with Crippen LogP contribution in [-0.4, -0.2) is 35.6 Å². The molecule has 0 aromatic rings. The third kappa shape index (κ3) is 3.83. The Morgan fingerprint density at radius 3 is 2.64 bits per heavy atom. The van der Waals surface area contributed by atoms with Crippen molar-refractivity contribution in [1.29, 1.82) is 0 Å². The fourth-order valence-corrected chi connectivity index (χ4v) is 0.811. The molecule has 0 rings (SSSR count). The second-order valence-electron chi connectivity index (χ2n) is 2.72. The highest BCUT2D eigenvalue weighted by molar-refractivity contribution is 5.80. The molecule has 0 heterocycles. The van der Waals surface area contributed by atoms with E-state index < -0.39 is 0 Å². The molecule has 0 aliphatic rings. The molecular formula is C7H17N3O. The quantitative estimate of drug-likeness (QED) is 0.271. The second kappa shape index (κ2) is 4.96. The van der Waals surface area contributed by atoms with E-state index in [1.165, 1.54) is 0 Å². The van der Waals surface area contributed by atoms with Crippen LogP contribution in [0.2, 0.25) is 0 Å². The van der Waals surface area contributed by atoms with Crippen molar-refractivity contribution < 1.29 is 5.21 Å². The first-order chi connectivity index (χ1) is 5.11. The predicted molar refractivity (Wildman–Crippen MR) is 45.8 cm³/mol. The van der Waals surface area contributed by atoms with Crippen LogP contribution in [0.15, 0.2) is 5.16 Å². The summed E-state index contributed by atoms with van der Waals surface area (Å²) in [4.78, 5) is 2.14. The van der Waals surface area contributed by atoms with E-state index in [1.54, 1.807) is 0 Å². The maximum atomic E-state index is 8.28. The zero-order valence-electron chi connectivity index (χ0n) is 7.41. The Morgan fingerprint density at radius 1 is 1.73 bits per heavy atom. The Bertz CT molecular complexity index is 136. The number of nitrogens with zero attached hydrogens (tertiary/aromatic N) is 2. The standard InChI is InChI=1S/C7H17N3O/c1-4-10(3)6(2)5-7(8)9-11/h6,11H,4-5H2,1-3H3,(H2,8,9). The molecule has 0 aliphatic heterocycles. The first-order valence-corrected chi connectivity index (χ1v) is 3.78. The van der Waals surface area contributed by atoms with Gasteiger partial charge in [0, 0.05) is 12.5 Å². The van der Waals surface area contributed by atoms with Crippen LogP contribution in [0, 0.1) is 0 Å². The molecule has 11 heavy (non-hydrogen) atoms. The molecule has 1 atom stereocenters. The number of oxime groups is 1. The van der Waals surface area contributed by atoms with Crippen molar-refractivity contribution in [2.24, 2.45) is 10.9 Å². The number of hydrogen-bond acceptors (Lipinski definition) is 3. The van der Waals surface area contributed by atoms with Gasteiger partial charge in [-0.25, -0.2) is 0 Å². The molecule has 0 spiro atoms. The molecule has 0 aromatic heterocycles. The Morgan fingerprint density at radius 2 is 2.27 bits per heavy atom. The van der Waals surface area contributed by atoms with Crippen LogP contribution >= 0.6 is 0 Å². The molecule has 0 amide bonds. The smallest absolute Gasteiger partial charge is 0.140 e. The van der Waals surface area contributed by atoms with Crippen molar-refractivity contribution in [2.45, 2.75) is 26.3 Å². The van der Waals surface area contributed by atoms with Gasteiger partial charge in [0.25, 0.3) is 0 Å².